The van der Waals surface area contributed by atoms with Crippen LogP contribution in [-0.4, -0.2) is 26.2 Å². The molecule has 5 heteroatoms. The van der Waals surface area contributed by atoms with Gasteiger partial charge in [0.1, 0.15) is 0 Å². The number of carbonyl (C=O) groups excluding carboxylic acids is 1. The molecular formula is C6H12N2O3. The Morgan fingerprint density at radius 2 is 2.36 bits per heavy atom. The molecule has 1 fully saturated rings. The third-order valence-corrected chi connectivity index (χ3v) is 1.59. The van der Waals surface area contributed by atoms with Gasteiger partial charge in [-0.2, -0.15) is 4.89 Å². The fraction of sp³-hybridized carbons (Fsp3) is 0.833. The van der Waals surface area contributed by atoms with Gasteiger partial charge in [-0.05, 0) is 6.42 Å². The maximum Gasteiger partial charge on any atom is 0.346 e. The highest BCUT2D eigenvalue weighted by Gasteiger charge is 2.22. The summed E-state index contributed by atoms with van der Waals surface area (Å²) in [7, 11) is 1.33. The van der Waals surface area contributed by atoms with Crippen molar-refractivity contribution in [2.75, 3.05) is 20.2 Å². The quantitative estimate of drug-likeness (QED) is 0.409. The van der Waals surface area contributed by atoms with Crippen molar-refractivity contribution in [2.45, 2.75) is 6.42 Å². The summed E-state index contributed by atoms with van der Waals surface area (Å²) in [6.07, 6.45) is 0.787. The van der Waals surface area contributed by atoms with Crippen LogP contribution in [0.4, 0.5) is 0 Å². The molecule has 0 aromatic carbocycles. The Kier molecular flexibility index (Phi) is 3.28. The second kappa shape index (κ2) is 4.27. The van der Waals surface area contributed by atoms with Gasteiger partial charge in [0.05, 0.1) is 13.0 Å². The van der Waals surface area contributed by atoms with Crippen molar-refractivity contribution in [3.05, 3.63) is 0 Å². The summed E-state index contributed by atoms with van der Waals surface area (Å²) in [5.41, 5.74) is 5.78. The molecule has 2 N–H and O–H groups in total. The topological polar surface area (TPSA) is 59.6 Å². The van der Waals surface area contributed by atoms with Gasteiger partial charge in [0.2, 0.25) is 0 Å². The molecule has 11 heavy (non-hydrogen) atoms. The first-order chi connectivity index (χ1) is 5.34. The van der Waals surface area contributed by atoms with Gasteiger partial charge in [0.25, 0.3) is 0 Å². The predicted molar refractivity (Wildman–Crippen MR) is 37.2 cm³/mol. The standard InChI is InChI=1S/C6H12N2O3/c1-10-11-6(9)5-2-3-7-8-4-5/h5,7-8H,2-4H2,1H3. The molecule has 0 aromatic heterocycles. The lowest BCUT2D eigenvalue weighted by atomic mass is 10.1. The minimum Gasteiger partial charge on any atom is -0.298 e. The average Bonchev–Trinajstić information content (AvgIpc) is 2.07. The van der Waals surface area contributed by atoms with Crippen molar-refractivity contribution < 1.29 is 14.6 Å². The Morgan fingerprint density at radius 1 is 1.55 bits per heavy atom. The number of nitrogens with one attached hydrogen (secondary N) is 2. The zero-order valence-corrected chi connectivity index (χ0v) is 6.42. The normalized spacial score (nSPS) is 24.6. The van der Waals surface area contributed by atoms with E-state index in [1.165, 1.54) is 7.11 Å². The zero-order chi connectivity index (χ0) is 8.10. The summed E-state index contributed by atoms with van der Waals surface area (Å²) in [6.45, 7) is 1.38. The Bertz CT molecular complexity index is 134. The Labute approximate surface area is 64.9 Å². The van der Waals surface area contributed by atoms with Gasteiger partial charge in [-0.1, -0.05) is 0 Å². The zero-order valence-electron chi connectivity index (χ0n) is 6.42. The fourth-order valence-electron chi connectivity index (χ4n) is 0.984. The molecule has 0 spiro atoms. The molecule has 64 valence electrons. The van der Waals surface area contributed by atoms with Gasteiger partial charge in [0, 0.05) is 13.1 Å². The third kappa shape index (κ3) is 2.45. The molecule has 1 aliphatic heterocycles. The van der Waals surface area contributed by atoms with E-state index in [2.05, 4.69) is 20.6 Å². The Morgan fingerprint density at radius 3 is 2.91 bits per heavy atom. The van der Waals surface area contributed by atoms with Crippen LogP contribution in [0.5, 0.6) is 0 Å². The van der Waals surface area contributed by atoms with E-state index in [4.69, 9.17) is 0 Å². The van der Waals surface area contributed by atoms with E-state index in [0.717, 1.165) is 13.0 Å². The highest BCUT2D eigenvalue weighted by atomic mass is 17.2. The van der Waals surface area contributed by atoms with E-state index in [1.807, 2.05) is 0 Å². The number of hydrazine groups is 1. The molecule has 1 saturated heterocycles. The number of hydrogen-bond donors (Lipinski definition) is 2. The highest BCUT2D eigenvalue weighted by molar-refractivity contribution is 5.72. The molecule has 1 unspecified atom stereocenters. The molecular weight excluding hydrogens is 148 g/mol. The van der Waals surface area contributed by atoms with Crippen molar-refractivity contribution in [3.63, 3.8) is 0 Å². The SMILES string of the molecule is COOC(=O)C1CCNNC1. The average molecular weight is 160 g/mol. The van der Waals surface area contributed by atoms with E-state index in [0.29, 0.717) is 6.54 Å². The molecule has 0 aromatic rings. The van der Waals surface area contributed by atoms with Gasteiger partial charge in [-0.25, -0.2) is 4.79 Å². The summed E-state index contributed by atoms with van der Waals surface area (Å²) >= 11 is 0. The molecule has 0 bridgehead atoms. The van der Waals surface area contributed by atoms with Crippen LogP contribution in [0.2, 0.25) is 0 Å². The molecule has 1 rings (SSSR count). The van der Waals surface area contributed by atoms with Crippen molar-refractivity contribution in [1.29, 1.82) is 0 Å². The third-order valence-electron chi connectivity index (χ3n) is 1.59. The number of hydrogen-bond acceptors (Lipinski definition) is 5. The Hall–Kier alpha value is -0.650. The summed E-state index contributed by atoms with van der Waals surface area (Å²) in [6, 6.07) is 0. The van der Waals surface area contributed by atoms with Gasteiger partial charge in [-0.3, -0.25) is 15.7 Å². The van der Waals surface area contributed by atoms with E-state index in [1.54, 1.807) is 0 Å². The van der Waals surface area contributed by atoms with E-state index < -0.39 is 0 Å². The molecule has 5 nitrogen and oxygen atoms in total. The number of carbonyl (C=O) groups is 1. The monoisotopic (exact) mass is 160 g/mol. The van der Waals surface area contributed by atoms with Crippen LogP contribution < -0.4 is 10.9 Å². The van der Waals surface area contributed by atoms with Gasteiger partial charge >= 0.3 is 5.97 Å². The Balaban J connectivity index is 2.27. The van der Waals surface area contributed by atoms with E-state index in [-0.39, 0.29) is 11.9 Å². The first-order valence-corrected chi connectivity index (χ1v) is 3.55. The van der Waals surface area contributed by atoms with Crippen LogP contribution in [0.1, 0.15) is 6.42 Å². The molecule has 1 atom stereocenters. The first kappa shape index (κ1) is 8.45. The highest BCUT2D eigenvalue weighted by Crippen LogP contribution is 2.05. The van der Waals surface area contributed by atoms with Crippen molar-refractivity contribution in [1.82, 2.24) is 10.9 Å². The summed E-state index contributed by atoms with van der Waals surface area (Å²) in [5, 5.41) is 0. The van der Waals surface area contributed by atoms with Gasteiger partial charge < -0.3 is 0 Å². The lowest BCUT2D eigenvalue weighted by molar-refractivity contribution is -0.259. The van der Waals surface area contributed by atoms with Crippen LogP contribution in [0.15, 0.2) is 0 Å². The molecule has 1 aliphatic rings. The fourth-order valence-corrected chi connectivity index (χ4v) is 0.984. The summed E-state index contributed by atoms with van der Waals surface area (Å²) < 4.78 is 0. The molecule has 0 saturated carbocycles. The minimum absolute atomic E-state index is 0.0869. The summed E-state index contributed by atoms with van der Waals surface area (Å²) in [4.78, 5) is 19.6. The van der Waals surface area contributed by atoms with Gasteiger partial charge in [-0.15, -0.1) is 0 Å². The number of rotatable bonds is 2. The maximum atomic E-state index is 11.0. The van der Waals surface area contributed by atoms with Crippen LogP contribution in [0, 0.1) is 5.92 Å². The van der Waals surface area contributed by atoms with Crippen LogP contribution >= 0.6 is 0 Å². The van der Waals surface area contributed by atoms with Crippen LogP contribution in [0.3, 0.4) is 0 Å². The second-order valence-corrected chi connectivity index (χ2v) is 2.36. The first-order valence-electron chi connectivity index (χ1n) is 3.55. The molecule has 0 aliphatic carbocycles. The second-order valence-electron chi connectivity index (χ2n) is 2.36. The van der Waals surface area contributed by atoms with E-state index in [9.17, 15) is 4.79 Å². The van der Waals surface area contributed by atoms with Crippen molar-refractivity contribution >= 4 is 5.97 Å². The van der Waals surface area contributed by atoms with Crippen molar-refractivity contribution in [2.24, 2.45) is 5.92 Å². The smallest absolute Gasteiger partial charge is 0.298 e. The molecule has 0 amide bonds. The van der Waals surface area contributed by atoms with Gasteiger partial charge in [0.15, 0.2) is 0 Å². The van der Waals surface area contributed by atoms with Crippen LogP contribution in [-0.2, 0) is 14.6 Å². The van der Waals surface area contributed by atoms with Crippen molar-refractivity contribution in [3.8, 4) is 0 Å². The summed E-state index contributed by atoms with van der Waals surface area (Å²) in [5.74, 6) is -0.391. The van der Waals surface area contributed by atoms with Crippen LogP contribution in [0.25, 0.3) is 0 Å². The largest absolute Gasteiger partial charge is 0.346 e. The molecule has 0 radical (unpaired) electrons. The lowest BCUT2D eigenvalue weighted by Crippen LogP contribution is -2.45. The predicted octanol–water partition coefficient (Wildman–Crippen LogP) is -0.795. The minimum atomic E-state index is -0.304. The lowest BCUT2D eigenvalue weighted by Gasteiger charge is -2.20. The molecule has 1 heterocycles. The maximum absolute atomic E-state index is 11.0. The van der Waals surface area contributed by atoms with E-state index >= 15 is 0 Å².